The lowest BCUT2D eigenvalue weighted by atomic mass is 9.77. The molecular weight excluding hydrogens is 328 g/mol. The van der Waals surface area contributed by atoms with Gasteiger partial charge < -0.3 is 50.7 Å². The predicted molar refractivity (Wildman–Crippen MR) is 78.4 cm³/mol. The van der Waals surface area contributed by atoms with E-state index in [0.29, 0.717) is 6.42 Å². The molecule has 0 aromatic heterocycles. The third kappa shape index (κ3) is 4.41. The minimum atomic E-state index is -2.16. The van der Waals surface area contributed by atoms with Gasteiger partial charge in [-0.1, -0.05) is 6.92 Å². The first-order valence-corrected chi connectivity index (χ1v) is 7.76. The van der Waals surface area contributed by atoms with Crippen LogP contribution in [0.5, 0.6) is 0 Å². The second-order valence-electron chi connectivity index (χ2n) is 6.36. The number of hydrogen-bond acceptors (Lipinski definition) is 10. The Bertz CT molecular complexity index is 371. The van der Waals surface area contributed by atoms with Crippen molar-refractivity contribution in [1.29, 1.82) is 0 Å². The maximum absolute atomic E-state index is 9.40. The van der Waals surface area contributed by atoms with Gasteiger partial charge in [0.1, 0.15) is 18.3 Å². The molecule has 0 spiro atoms. The highest BCUT2D eigenvalue weighted by Crippen LogP contribution is 2.29. The Morgan fingerprint density at radius 1 is 0.917 bits per heavy atom. The average molecular weight is 356 g/mol. The Morgan fingerprint density at radius 2 is 1.50 bits per heavy atom. The summed E-state index contributed by atoms with van der Waals surface area (Å²) >= 11 is 0. The zero-order chi connectivity index (χ0) is 18.7. The van der Waals surface area contributed by atoms with Gasteiger partial charge in [-0.25, -0.2) is 0 Å². The van der Waals surface area contributed by atoms with Crippen LogP contribution in [-0.4, -0.2) is 108 Å². The maximum Gasteiger partial charge on any atom is 0.219 e. The molecule has 10 heteroatoms. The normalized spacial score (nSPS) is 48.8. The minimum absolute atomic E-state index is 0.192. The van der Waals surface area contributed by atoms with Crippen molar-refractivity contribution in [3.63, 3.8) is 0 Å². The molecule has 1 aliphatic heterocycles. The third-order valence-electron chi connectivity index (χ3n) is 4.69. The first kappa shape index (κ1) is 21.6. The van der Waals surface area contributed by atoms with E-state index in [4.69, 9.17) is 25.5 Å². The van der Waals surface area contributed by atoms with Crippen LogP contribution in [0.25, 0.3) is 0 Å². The quantitative estimate of drug-likeness (QED) is 0.238. The summed E-state index contributed by atoms with van der Waals surface area (Å²) in [6, 6.07) is 0. The molecule has 0 bridgehead atoms. The van der Waals surface area contributed by atoms with Crippen molar-refractivity contribution in [2.75, 3.05) is 19.8 Å². The molecule has 2 fully saturated rings. The molecule has 24 heavy (non-hydrogen) atoms. The van der Waals surface area contributed by atoms with E-state index in [0.717, 1.165) is 0 Å². The molecule has 9 N–H and O–H groups in total. The first-order chi connectivity index (χ1) is 11.1. The van der Waals surface area contributed by atoms with Crippen LogP contribution in [0.4, 0.5) is 0 Å². The van der Waals surface area contributed by atoms with Crippen LogP contribution in [-0.2, 0) is 4.74 Å². The van der Waals surface area contributed by atoms with Crippen molar-refractivity contribution in [2.45, 2.75) is 55.8 Å². The van der Waals surface area contributed by atoms with E-state index >= 15 is 0 Å². The molecule has 1 heterocycles. The number of hydrogen-bond donors (Lipinski definition) is 9. The molecule has 2 rings (SSSR count). The van der Waals surface area contributed by atoms with E-state index in [1.54, 1.807) is 6.92 Å². The van der Waals surface area contributed by atoms with Gasteiger partial charge in [0.2, 0.25) is 5.79 Å². The summed E-state index contributed by atoms with van der Waals surface area (Å²) < 4.78 is 4.63. The second-order valence-corrected chi connectivity index (χ2v) is 6.36. The fourth-order valence-electron chi connectivity index (χ4n) is 2.81. The van der Waals surface area contributed by atoms with E-state index in [1.165, 1.54) is 0 Å². The van der Waals surface area contributed by atoms with Gasteiger partial charge in [-0.15, -0.1) is 0 Å². The number of ether oxygens (including phenoxy) is 1. The van der Waals surface area contributed by atoms with Crippen LogP contribution in [0.3, 0.4) is 0 Å². The molecule has 1 saturated heterocycles. The molecule has 1 aliphatic carbocycles. The summed E-state index contributed by atoms with van der Waals surface area (Å²) in [6.07, 6.45) is -6.14. The Kier molecular flexibility index (Phi) is 7.94. The van der Waals surface area contributed by atoms with Crippen LogP contribution in [0.15, 0.2) is 0 Å². The van der Waals surface area contributed by atoms with Gasteiger partial charge in [0.25, 0.3) is 0 Å². The largest absolute Gasteiger partial charge is 0.396 e. The van der Waals surface area contributed by atoms with E-state index < -0.39 is 61.5 Å². The lowest BCUT2D eigenvalue weighted by Gasteiger charge is -2.38. The summed E-state index contributed by atoms with van der Waals surface area (Å²) in [6.45, 7) is 0.135. The third-order valence-corrected chi connectivity index (χ3v) is 4.69. The Morgan fingerprint density at radius 3 is 1.88 bits per heavy atom. The molecule has 144 valence electrons. The fourth-order valence-corrected chi connectivity index (χ4v) is 2.81. The first-order valence-electron chi connectivity index (χ1n) is 7.76. The predicted octanol–water partition coefficient (Wildman–Crippen LogP) is -4.50. The zero-order valence-electron chi connectivity index (χ0n) is 13.4. The summed E-state index contributed by atoms with van der Waals surface area (Å²) in [5.74, 6) is -2.87. The molecule has 1 saturated carbocycles. The summed E-state index contributed by atoms with van der Waals surface area (Å²) in [5, 5.41) is 81.7. The standard InChI is InChI=1S/C8H16O4.C6H12O6/c1-4-6(10)2-5(3-9)8(12)7(4)11;7-1-3-4(9)5(10)6(11,2-8)12-3/h4-12H,2-3H2,1H3;3-5,7-11H,1-2H2. The molecule has 2 aliphatic rings. The zero-order valence-corrected chi connectivity index (χ0v) is 13.4. The van der Waals surface area contributed by atoms with Gasteiger partial charge in [0.05, 0.1) is 31.5 Å². The molecule has 0 radical (unpaired) electrons. The summed E-state index contributed by atoms with van der Waals surface area (Å²) in [4.78, 5) is 0. The monoisotopic (exact) mass is 356 g/mol. The van der Waals surface area contributed by atoms with Gasteiger partial charge >= 0.3 is 0 Å². The van der Waals surface area contributed by atoms with Gasteiger partial charge in [-0.3, -0.25) is 0 Å². The molecular formula is C14H28O10. The van der Waals surface area contributed by atoms with Crippen LogP contribution < -0.4 is 0 Å². The van der Waals surface area contributed by atoms with E-state index in [2.05, 4.69) is 4.74 Å². The molecule has 0 amide bonds. The van der Waals surface area contributed by atoms with Gasteiger partial charge in [0.15, 0.2) is 0 Å². The van der Waals surface area contributed by atoms with E-state index in [1.807, 2.05) is 0 Å². The van der Waals surface area contributed by atoms with E-state index in [9.17, 15) is 20.4 Å². The van der Waals surface area contributed by atoms with Crippen LogP contribution in [0.1, 0.15) is 13.3 Å². The lowest BCUT2D eigenvalue weighted by Crippen LogP contribution is -2.49. The van der Waals surface area contributed by atoms with Crippen molar-refractivity contribution in [2.24, 2.45) is 11.8 Å². The van der Waals surface area contributed by atoms with Crippen molar-refractivity contribution in [3.05, 3.63) is 0 Å². The molecule has 0 aromatic carbocycles. The Hall–Kier alpha value is -0.400. The Balaban J connectivity index is 0.000000240. The molecule has 0 aromatic rings. The fraction of sp³-hybridized carbons (Fsp3) is 1.00. The van der Waals surface area contributed by atoms with Gasteiger partial charge in [-0.05, 0) is 6.42 Å². The van der Waals surface area contributed by atoms with E-state index in [-0.39, 0.29) is 12.5 Å². The smallest absolute Gasteiger partial charge is 0.219 e. The van der Waals surface area contributed by atoms with Crippen molar-refractivity contribution in [3.8, 4) is 0 Å². The summed E-state index contributed by atoms with van der Waals surface area (Å²) in [7, 11) is 0. The topological polar surface area (TPSA) is 191 Å². The van der Waals surface area contributed by atoms with Crippen LogP contribution >= 0.6 is 0 Å². The lowest BCUT2D eigenvalue weighted by molar-refractivity contribution is -0.248. The average Bonchev–Trinajstić information content (AvgIpc) is 2.81. The molecule has 9 unspecified atom stereocenters. The second kappa shape index (κ2) is 8.81. The molecule has 10 nitrogen and oxygen atoms in total. The van der Waals surface area contributed by atoms with Gasteiger partial charge in [0, 0.05) is 18.4 Å². The maximum atomic E-state index is 9.40. The number of aliphatic hydroxyl groups is 9. The van der Waals surface area contributed by atoms with Crippen LogP contribution in [0.2, 0.25) is 0 Å². The van der Waals surface area contributed by atoms with Gasteiger partial charge in [-0.2, -0.15) is 0 Å². The minimum Gasteiger partial charge on any atom is -0.396 e. The molecule has 9 atom stereocenters. The van der Waals surface area contributed by atoms with Crippen molar-refractivity contribution in [1.82, 2.24) is 0 Å². The SMILES string of the molecule is CC1C(O)CC(CO)C(O)C1O.OCC1OC(O)(CO)C(O)C1O. The van der Waals surface area contributed by atoms with Crippen LogP contribution in [0, 0.1) is 11.8 Å². The van der Waals surface area contributed by atoms with Crippen molar-refractivity contribution >= 4 is 0 Å². The van der Waals surface area contributed by atoms with Crippen molar-refractivity contribution < 1.29 is 50.7 Å². The highest BCUT2D eigenvalue weighted by Gasteiger charge is 2.52. The number of rotatable bonds is 3. The highest BCUT2D eigenvalue weighted by molar-refractivity contribution is 4.94. The number of aliphatic hydroxyl groups excluding tert-OH is 8. The Labute approximate surface area is 139 Å². The summed E-state index contributed by atoms with van der Waals surface area (Å²) in [5.41, 5.74) is 0. The highest BCUT2D eigenvalue weighted by atomic mass is 16.7.